The summed E-state index contributed by atoms with van der Waals surface area (Å²) in [5.74, 6) is -0.431. The van der Waals surface area contributed by atoms with Crippen molar-refractivity contribution in [2.24, 2.45) is 0 Å². The maximum atomic E-state index is 9.51. The van der Waals surface area contributed by atoms with E-state index >= 15 is 0 Å². The van der Waals surface area contributed by atoms with Gasteiger partial charge in [-0.15, -0.1) is 0 Å². The maximum absolute atomic E-state index is 9.51. The van der Waals surface area contributed by atoms with E-state index in [-0.39, 0.29) is 0 Å². The van der Waals surface area contributed by atoms with Gasteiger partial charge >= 0.3 is 5.88 Å². The SMILES string of the molecule is C=C(OC)[N+](=O)[O-]. The van der Waals surface area contributed by atoms with Gasteiger partial charge in [-0.2, -0.15) is 0 Å². The predicted molar refractivity (Wildman–Crippen MR) is 23.1 cm³/mol. The van der Waals surface area contributed by atoms with Gasteiger partial charge < -0.3 is 4.74 Å². The van der Waals surface area contributed by atoms with Crippen LogP contribution >= 0.6 is 0 Å². The number of nitro groups is 1. The predicted octanol–water partition coefficient (Wildman–Crippen LogP) is 0.381. The molecule has 0 aliphatic heterocycles. The molecule has 0 N–H and O–H groups in total. The Morgan fingerprint density at radius 2 is 2.43 bits per heavy atom. The van der Waals surface area contributed by atoms with Crippen molar-refractivity contribution in [2.75, 3.05) is 7.11 Å². The minimum absolute atomic E-state index is 0.431. The normalized spacial score (nSPS) is 7.57. The summed E-state index contributed by atoms with van der Waals surface area (Å²) in [6, 6.07) is 0. The van der Waals surface area contributed by atoms with Gasteiger partial charge in [0, 0.05) is 6.58 Å². The number of hydrogen-bond donors (Lipinski definition) is 0. The standard InChI is InChI=1S/C3H5NO3/c1-3(7-2)4(5)6/h1H2,2H3. The van der Waals surface area contributed by atoms with Crippen molar-refractivity contribution in [3.63, 3.8) is 0 Å². The molecule has 0 aliphatic carbocycles. The zero-order valence-corrected chi connectivity index (χ0v) is 3.88. The molecule has 0 fully saturated rings. The molecule has 0 aliphatic rings. The van der Waals surface area contributed by atoms with E-state index in [9.17, 15) is 10.1 Å². The van der Waals surface area contributed by atoms with E-state index in [4.69, 9.17) is 0 Å². The number of methoxy groups -OCH3 is 1. The molecule has 4 nitrogen and oxygen atoms in total. The molecule has 0 bridgehead atoms. The molecule has 0 saturated heterocycles. The van der Waals surface area contributed by atoms with Gasteiger partial charge in [-0.25, -0.2) is 0 Å². The number of rotatable bonds is 2. The van der Waals surface area contributed by atoms with Crippen LogP contribution in [0.1, 0.15) is 0 Å². The van der Waals surface area contributed by atoms with Gasteiger partial charge in [0.15, 0.2) is 0 Å². The zero-order valence-electron chi connectivity index (χ0n) is 3.88. The van der Waals surface area contributed by atoms with E-state index < -0.39 is 10.8 Å². The van der Waals surface area contributed by atoms with Crippen molar-refractivity contribution >= 4 is 0 Å². The third-order valence-electron chi connectivity index (χ3n) is 0.439. The maximum Gasteiger partial charge on any atom is 0.420 e. The number of hydrogen-bond acceptors (Lipinski definition) is 3. The summed E-state index contributed by atoms with van der Waals surface area (Å²) in [4.78, 5) is 8.82. The average Bonchev–Trinajstić information content (AvgIpc) is 1.65. The molecule has 0 spiro atoms. The van der Waals surface area contributed by atoms with Crippen LogP contribution in [0.2, 0.25) is 0 Å². The van der Waals surface area contributed by atoms with Crippen LogP contribution < -0.4 is 0 Å². The summed E-state index contributed by atoms with van der Waals surface area (Å²) < 4.78 is 4.12. The summed E-state index contributed by atoms with van der Waals surface area (Å²) in [6.07, 6.45) is 0. The van der Waals surface area contributed by atoms with Gasteiger partial charge in [0.1, 0.15) is 4.92 Å². The van der Waals surface area contributed by atoms with Gasteiger partial charge in [0.05, 0.1) is 7.11 Å². The van der Waals surface area contributed by atoms with Crippen LogP contribution in [0.15, 0.2) is 12.5 Å². The number of ether oxygens (including phenoxy) is 1. The van der Waals surface area contributed by atoms with E-state index in [0.717, 1.165) is 0 Å². The average molecular weight is 103 g/mol. The molecular weight excluding hydrogens is 98.0 g/mol. The molecule has 4 heteroatoms. The molecule has 0 radical (unpaired) electrons. The lowest BCUT2D eigenvalue weighted by atomic mass is 10.9. The van der Waals surface area contributed by atoms with E-state index in [0.29, 0.717) is 0 Å². The summed E-state index contributed by atoms with van der Waals surface area (Å²) >= 11 is 0. The highest BCUT2D eigenvalue weighted by atomic mass is 16.7. The Morgan fingerprint density at radius 1 is 2.00 bits per heavy atom. The highest BCUT2D eigenvalue weighted by molar-refractivity contribution is 4.62. The fourth-order valence-corrected chi connectivity index (χ4v) is 0.0745. The molecule has 0 saturated carbocycles. The van der Waals surface area contributed by atoms with Crippen molar-refractivity contribution in [3.05, 3.63) is 22.6 Å². The molecule has 0 amide bonds. The molecule has 0 aromatic carbocycles. The fourth-order valence-electron chi connectivity index (χ4n) is 0.0745. The Kier molecular flexibility index (Phi) is 1.84. The minimum atomic E-state index is -0.694. The van der Waals surface area contributed by atoms with Crippen molar-refractivity contribution in [1.82, 2.24) is 0 Å². The highest BCUT2D eigenvalue weighted by Crippen LogP contribution is 1.87. The minimum Gasteiger partial charge on any atom is -0.444 e. The summed E-state index contributed by atoms with van der Waals surface area (Å²) in [5.41, 5.74) is 0. The van der Waals surface area contributed by atoms with Crippen LogP contribution in [0.3, 0.4) is 0 Å². The highest BCUT2D eigenvalue weighted by Gasteiger charge is 2.00. The summed E-state index contributed by atoms with van der Waals surface area (Å²) in [6.45, 7) is 2.95. The van der Waals surface area contributed by atoms with E-state index in [2.05, 4.69) is 11.3 Å². The Balaban J connectivity index is 3.58. The lowest BCUT2D eigenvalue weighted by Gasteiger charge is -1.88. The fraction of sp³-hybridized carbons (Fsp3) is 0.333. The molecule has 0 rings (SSSR count). The largest absolute Gasteiger partial charge is 0.444 e. The van der Waals surface area contributed by atoms with Crippen molar-refractivity contribution in [1.29, 1.82) is 0 Å². The smallest absolute Gasteiger partial charge is 0.420 e. The molecule has 40 valence electrons. The zero-order chi connectivity index (χ0) is 5.86. The first-order chi connectivity index (χ1) is 3.18. The third kappa shape index (κ3) is 1.75. The second kappa shape index (κ2) is 2.17. The van der Waals surface area contributed by atoms with E-state index in [1.807, 2.05) is 0 Å². The second-order valence-corrected chi connectivity index (χ2v) is 0.855. The van der Waals surface area contributed by atoms with Crippen LogP contribution in [0, 0.1) is 10.1 Å². The van der Waals surface area contributed by atoms with Gasteiger partial charge in [0.2, 0.25) is 0 Å². The third-order valence-corrected chi connectivity index (χ3v) is 0.439. The molecule has 0 aromatic rings. The molecule has 0 unspecified atom stereocenters. The second-order valence-electron chi connectivity index (χ2n) is 0.855. The first-order valence-electron chi connectivity index (χ1n) is 1.55. The monoisotopic (exact) mass is 103 g/mol. The van der Waals surface area contributed by atoms with Crippen molar-refractivity contribution in [3.8, 4) is 0 Å². The van der Waals surface area contributed by atoms with Crippen molar-refractivity contribution in [2.45, 2.75) is 0 Å². The van der Waals surface area contributed by atoms with E-state index in [1.54, 1.807) is 0 Å². The molecular formula is C3H5NO3. The van der Waals surface area contributed by atoms with Crippen molar-refractivity contribution < 1.29 is 9.66 Å². The van der Waals surface area contributed by atoms with Gasteiger partial charge in [-0.3, -0.25) is 10.1 Å². The van der Waals surface area contributed by atoms with Gasteiger partial charge in [-0.1, -0.05) is 0 Å². The van der Waals surface area contributed by atoms with Crippen LogP contribution in [0.5, 0.6) is 0 Å². The first-order valence-corrected chi connectivity index (χ1v) is 1.55. The van der Waals surface area contributed by atoms with Gasteiger partial charge in [0.25, 0.3) is 0 Å². The molecule has 7 heavy (non-hydrogen) atoms. The molecule has 0 aromatic heterocycles. The Hall–Kier alpha value is -1.06. The number of nitrogens with zero attached hydrogens (tertiary/aromatic N) is 1. The lowest BCUT2D eigenvalue weighted by Crippen LogP contribution is -1.97. The molecule has 0 heterocycles. The van der Waals surface area contributed by atoms with E-state index in [1.165, 1.54) is 7.11 Å². The molecule has 0 atom stereocenters. The van der Waals surface area contributed by atoms with Gasteiger partial charge in [-0.05, 0) is 0 Å². The Labute approximate surface area is 40.5 Å². The lowest BCUT2D eigenvalue weighted by molar-refractivity contribution is -0.460. The summed E-state index contributed by atoms with van der Waals surface area (Å²) in [5, 5.41) is 9.51. The Bertz CT molecular complexity index is 98.4. The first kappa shape index (κ1) is 5.94. The van der Waals surface area contributed by atoms with Crippen LogP contribution in [-0.4, -0.2) is 12.0 Å². The van der Waals surface area contributed by atoms with Crippen LogP contribution in [-0.2, 0) is 4.74 Å². The Morgan fingerprint density at radius 3 is 2.43 bits per heavy atom. The topological polar surface area (TPSA) is 52.4 Å². The van der Waals surface area contributed by atoms with Crippen LogP contribution in [0.4, 0.5) is 0 Å². The quantitative estimate of drug-likeness (QED) is 0.288. The van der Waals surface area contributed by atoms with Crippen LogP contribution in [0.25, 0.3) is 0 Å². The summed E-state index contributed by atoms with van der Waals surface area (Å²) in [7, 11) is 1.20.